The van der Waals surface area contributed by atoms with Crippen LogP contribution in [0.15, 0.2) is 18.3 Å². The zero-order valence-electron chi connectivity index (χ0n) is 8.94. The summed E-state index contributed by atoms with van der Waals surface area (Å²) < 4.78 is 1.73. The van der Waals surface area contributed by atoms with E-state index in [2.05, 4.69) is 4.98 Å². The first kappa shape index (κ1) is 11.0. The molecule has 0 aliphatic carbocycles. The molecule has 0 amide bonds. The number of aromatic carboxylic acids is 1. The van der Waals surface area contributed by atoms with Crippen LogP contribution >= 0.6 is 11.6 Å². The van der Waals surface area contributed by atoms with Gasteiger partial charge >= 0.3 is 5.97 Å². The summed E-state index contributed by atoms with van der Waals surface area (Å²) in [5.74, 6) is -0.216. The minimum atomic E-state index is -1.06. The number of aromatic nitrogens is 2. The Balaban J connectivity index is 2.87. The van der Waals surface area contributed by atoms with Crippen molar-refractivity contribution in [3.05, 3.63) is 34.9 Å². The Morgan fingerprint density at radius 3 is 2.81 bits per heavy atom. The van der Waals surface area contributed by atoms with E-state index in [1.165, 1.54) is 0 Å². The number of halogens is 1. The molecule has 2 rings (SSSR count). The second-order valence-electron chi connectivity index (χ2n) is 3.85. The molecule has 0 atom stereocenters. The molecule has 2 heterocycles. The minimum Gasteiger partial charge on any atom is -0.476 e. The smallest absolute Gasteiger partial charge is 0.356 e. The number of pyridine rings is 1. The van der Waals surface area contributed by atoms with E-state index in [0.29, 0.717) is 16.4 Å². The lowest BCUT2D eigenvalue weighted by Crippen LogP contribution is -1.98. The third kappa shape index (κ3) is 1.55. The summed E-state index contributed by atoms with van der Waals surface area (Å²) >= 11 is 6.00. The molecule has 1 N–H and O–H groups in total. The zero-order valence-corrected chi connectivity index (χ0v) is 9.69. The van der Waals surface area contributed by atoms with E-state index in [1.54, 1.807) is 22.7 Å². The molecule has 0 aromatic carbocycles. The normalized spacial score (nSPS) is 11.2. The SMILES string of the molecule is CC(C)c1nc(C(=O)O)c2c(Cl)cccn12. The molecule has 84 valence electrons. The van der Waals surface area contributed by atoms with E-state index in [1.807, 2.05) is 13.8 Å². The highest BCUT2D eigenvalue weighted by molar-refractivity contribution is 6.34. The van der Waals surface area contributed by atoms with Gasteiger partial charge in [-0.25, -0.2) is 9.78 Å². The standard InChI is InChI=1S/C11H11ClN2O2/c1-6(2)10-13-8(11(15)16)9-7(12)4-3-5-14(9)10/h3-6H,1-2H3,(H,15,16). The van der Waals surface area contributed by atoms with Crippen LogP contribution in [0.2, 0.25) is 5.02 Å². The van der Waals surface area contributed by atoms with E-state index in [9.17, 15) is 4.79 Å². The monoisotopic (exact) mass is 238 g/mol. The second kappa shape index (κ2) is 3.79. The second-order valence-corrected chi connectivity index (χ2v) is 4.26. The van der Waals surface area contributed by atoms with Crippen LogP contribution in [0.5, 0.6) is 0 Å². The zero-order chi connectivity index (χ0) is 11.9. The van der Waals surface area contributed by atoms with E-state index < -0.39 is 5.97 Å². The first-order valence-electron chi connectivity index (χ1n) is 4.92. The Kier molecular flexibility index (Phi) is 2.59. The van der Waals surface area contributed by atoms with Gasteiger partial charge in [0.05, 0.1) is 10.5 Å². The topological polar surface area (TPSA) is 54.6 Å². The van der Waals surface area contributed by atoms with E-state index >= 15 is 0 Å². The number of carbonyl (C=O) groups is 1. The number of nitrogens with zero attached hydrogens (tertiary/aromatic N) is 2. The van der Waals surface area contributed by atoms with Gasteiger partial charge in [-0.1, -0.05) is 25.4 Å². The van der Waals surface area contributed by atoms with Crippen LogP contribution in [-0.2, 0) is 0 Å². The Morgan fingerprint density at radius 1 is 1.56 bits per heavy atom. The van der Waals surface area contributed by atoms with Crippen LogP contribution in [-0.4, -0.2) is 20.5 Å². The van der Waals surface area contributed by atoms with Gasteiger partial charge in [-0.05, 0) is 12.1 Å². The van der Waals surface area contributed by atoms with E-state index in [4.69, 9.17) is 16.7 Å². The Labute approximate surface area is 97.5 Å². The van der Waals surface area contributed by atoms with Gasteiger partial charge in [0.1, 0.15) is 5.82 Å². The summed E-state index contributed by atoms with van der Waals surface area (Å²) in [6.45, 7) is 3.92. The number of hydrogen-bond acceptors (Lipinski definition) is 2. The third-order valence-corrected chi connectivity index (χ3v) is 2.67. The van der Waals surface area contributed by atoms with Crippen molar-refractivity contribution in [3.63, 3.8) is 0 Å². The maximum atomic E-state index is 11.1. The molecule has 16 heavy (non-hydrogen) atoms. The molecule has 2 aromatic heterocycles. The fourth-order valence-electron chi connectivity index (χ4n) is 1.68. The molecule has 0 aliphatic rings. The molecular weight excluding hydrogens is 228 g/mol. The average molecular weight is 239 g/mol. The summed E-state index contributed by atoms with van der Waals surface area (Å²) in [7, 11) is 0. The Hall–Kier alpha value is -1.55. The van der Waals surface area contributed by atoms with Gasteiger partial charge in [-0.3, -0.25) is 0 Å². The lowest BCUT2D eigenvalue weighted by atomic mass is 10.2. The van der Waals surface area contributed by atoms with E-state index in [-0.39, 0.29) is 11.6 Å². The van der Waals surface area contributed by atoms with Crippen molar-refractivity contribution in [3.8, 4) is 0 Å². The molecule has 0 radical (unpaired) electrons. The van der Waals surface area contributed by atoms with Gasteiger partial charge < -0.3 is 9.51 Å². The van der Waals surface area contributed by atoms with Gasteiger partial charge in [0, 0.05) is 12.1 Å². The van der Waals surface area contributed by atoms with Crippen molar-refractivity contribution in [2.24, 2.45) is 0 Å². The third-order valence-electron chi connectivity index (χ3n) is 2.36. The van der Waals surface area contributed by atoms with Gasteiger partial charge in [-0.15, -0.1) is 0 Å². The largest absolute Gasteiger partial charge is 0.476 e. The molecular formula is C11H11ClN2O2. The summed E-state index contributed by atoms with van der Waals surface area (Å²) in [6, 6.07) is 3.43. The molecule has 0 saturated carbocycles. The van der Waals surface area contributed by atoms with Gasteiger partial charge in [0.2, 0.25) is 0 Å². The lowest BCUT2D eigenvalue weighted by molar-refractivity contribution is 0.0693. The van der Waals surface area contributed by atoms with Crippen molar-refractivity contribution >= 4 is 23.1 Å². The molecule has 0 spiro atoms. The summed E-state index contributed by atoms with van der Waals surface area (Å²) in [5.41, 5.74) is 0.467. The Bertz CT molecular complexity index is 560. The quantitative estimate of drug-likeness (QED) is 0.875. The van der Waals surface area contributed by atoms with E-state index in [0.717, 1.165) is 0 Å². The van der Waals surface area contributed by atoms with Crippen LogP contribution in [0.3, 0.4) is 0 Å². The molecule has 2 aromatic rings. The van der Waals surface area contributed by atoms with Crippen LogP contribution < -0.4 is 0 Å². The van der Waals surface area contributed by atoms with Crippen LogP contribution in [0.1, 0.15) is 36.1 Å². The number of imidazole rings is 1. The van der Waals surface area contributed by atoms with Crippen molar-refractivity contribution in [2.45, 2.75) is 19.8 Å². The number of carboxylic acid groups (broad SMARTS) is 1. The van der Waals surface area contributed by atoms with Gasteiger partial charge in [-0.2, -0.15) is 0 Å². The summed E-state index contributed by atoms with van der Waals surface area (Å²) in [5, 5.41) is 9.47. The highest BCUT2D eigenvalue weighted by Gasteiger charge is 2.20. The summed E-state index contributed by atoms with van der Waals surface area (Å²) in [4.78, 5) is 15.2. The molecule has 0 bridgehead atoms. The lowest BCUT2D eigenvalue weighted by Gasteiger charge is -2.03. The molecule has 0 saturated heterocycles. The van der Waals surface area contributed by atoms with Crippen molar-refractivity contribution in [1.29, 1.82) is 0 Å². The fourth-order valence-corrected chi connectivity index (χ4v) is 1.93. The number of hydrogen-bond donors (Lipinski definition) is 1. The highest BCUT2D eigenvalue weighted by Crippen LogP contribution is 2.25. The number of fused-ring (bicyclic) bond motifs is 1. The van der Waals surface area contributed by atoms with Crippen LogP contribution in [0.4, 0.5) is 0 Å². The maximum absolute atomic E-state index is 11.1. The molecule has 0 fully saturated rings. The van der Waals surface area contributed by atoms with Crippen LogP contribution in [0, 0.1) is 0 Å². The highest BCUT2D eigenvalue weighted by atomic mass is 35.5. The fraction of sp³-hybridized carbons (Fsp3) is 0.273. The summed E-state index contributed by atoms with van der Waals surface area (Å²) in [6.07, 6.45) is 1.77. The number of carboxylic acids is 1. The maximum Gasteiger partial charge on any atom is 0.356 e. The minimum absolute atomic E-state index is 0.00861. The average Bonchev–Trinajstić information content (AvgIpc) is 2.58. The van der Waals surface area contributed by atoms with Crippen LogP contribution in [0.25, 0.3) is 5.52 Å². The van der Waals surface area contributed by atoms with Crippen molar-refractivity contribution in [1.82, 2.24) is 9.38 Å². The first-order chi connectivity index (χ1) is 7.52. The van der Waals surface area contributed by atoms with Gasteiger partial charge in [0.25, 0.3) is 0 Å². The van der Waals surface area contributed by atoms with Crippen molar-refractivity contribution in [2.75, 3.05) is 0 Å². The van der Waals surface area contributed by atoms with Crippen molar-refractivity contribution < 1.29 is 9.90 Å². The first-order valence-corrected chi connectivity index (χ1v) is 5.30. The molecule has 4 nitrogen and oxygen atoms in total. The Morgan fingerprint density at radius 2 is 2.25 bits per heavy atom. The molecule has 0 aliphatic heterocycles. The predicted molar refractivity (Wildman–Crippen MR) is 61.3 cm³/mol. The predicted octanol–water partition coefficient (Wildman–Crippen LogP) is 2.81. The molecule has 0 unspecified atom stereocenters. The molecule has 5 heteroatoms. The number of rotatable bonds is 2. The van der Waals surface area contributed by atoms with Gasteiger partial charge in [0.15, 0.2) is 5.69 Å².